The van der Waals surface area contributed by atoms with Crippen molar-refractivity contribution >= 4 is 33.2 Å². The summed E-state index contributed by atoms with van der Waals surface area (Å²) in [6.07, 6.45) is 1.42. The third kappa shape index (κ3) is 2.95. The number of halogens is 2. The van der Waals surface area contributed by atoms with Crippen LogP contribution in [0.4, 0.5) is 4.39 Å². The van der Waals surface area contributed by atoms with Crippen LogP contribution in [-0.2, 0) is 4.79 Å². The number of benzene rings is 1. The number of hydrogen-bond donors (Lipinski definition) is 1. The van der Waals surface area contributed by atoms with Crippen molar-refractivity contribution in [2.45, 2.75) is 24.9 Å². The summed E-state index contributed by atoms with van der Waals surface area (Å²) in [6, 6.07) is 9.54. The Hall–Kier alpha value is -1.24. The van der Waals surface area contributed by atoms with E-state index in [1.54, 1.807) is 18.2 Å². The predicted octanol–water partition coefficient (Wildman–Crippen LogP) is 4.29. The van der Waals surface area contributed by atoms with Crippen molar-refractivity contribution in [1.82, 2.24) is 4.90 Å². The van der Waals surface area contributed by atoms with Crippen molar-refractivity contribution in [2.24, 2.45) is 0 Å². The highest BCUT2D eigenvalue weighted by Crippen LogP contribution is 2.39. The quantitative estimate of drug-likeness (QED) is 0.855. The Labute approximate surface area is 140 Å². The van der Waals surface area contributed by atoms with Crippen molar-refractivity contribution in [3.05, 3.63) is 56.4 Å². The summed E-state index contributed by atoms with van der Waals surface area (Å²) < 4.78 is 15.3. The molecular weight excluding hydrogens is 369 g/mol. The SMILES string of the molecule is O=C(O)C1CCCN1C(c1ccc(Br)s1)c1ccccc1F. The molecule has 0 bridgehead atoms. The molecule has 1 saturated heterocycles. The van der Waals surface area contributed by atoms with Crippen LogP contribution >= 0.6 is 27.3 Å². The summed E-state index contributed by atoms with van der Waals surface area (Å²) in [7, 11) is 0. The van der Waals surface area contributed by atoms with Crippen LogP contribution in [0, 0.1) is 5.82 Å². The molecule has 1 N–H and O–H groups in total. The van der Waals surface area contributed by atoms with E-state index in [2.05, 4.69) is 15.9 Å². The van der Waals surface area contributed by atoms with Gasteiger partial charge in [-0.05, 0) is 47.0 Å². The molecule has 1 aliphatic rings. The number of carboxylic acids is 1. The summed E-state index contributed by atoms with van der Waals surface area (Å²) in [6.45, 7) is 0.658. The topological polar surface area (TPSA) is 40.5 Å². The second kappa shape index (κ2) is 6.48. The van der Waals surface area contributed by atoms with Gasteiger partial charge in [-0.25, -0.2) is 4.39 Å². The number of hydrogen-bond acceptors (Lipinski definition) is 3. The maximum atomic E-state index is 14.3. The predicted molar refractivity (Wildman–Crippen MR) is 87.6 cm³/mol. The summed E-state index contributed by atoms with van der Waals surface area (Å²) in [5, 5.41) is 9.46. The van der Waals surface area contributed by atoms with Gasteiger partial charge in [-0.3, -0.25) is 9.69 Å². The van der Waals surface area contributed by atoms with Gasteiger partial charge >= 0.3 is 5.97 Å². The number of nitrogens with zero attached hydrogens (tertiary/aromatic N) is 1. The molecule has 0 radical (unpaired) electrons. The zero-order chi connectivity index (χ0) is 15.7. The smallest absolute Gasteiger partial charge is 0.320 e. The van der Waals surface area contributed by atoms with E-state index >= 15 is 0 Å². The van der Waals surface area contributed by atoms with Gasteiger partial charge in [0.2, 0.25) is 0 Å². The fourth-order valence-corrected chi connectivity index (χ4v) is 4.59. The molecule has 0 aliphatic carbocycles. The number of carboxylic acid groups (broad SMARTS) is 1. The lowest BCUT2D eigenvalue weighted by Crippen LogP contribution is -2.39. The maximum Gasteiger partial charge on any atom is 0.320 e. The normalized spacial score (nSPS) is 20.2. The van der Waals surface area contributed by atoms with E-state index in [4.69, 9.17) is 0 Å². The Morgan fingerprint density at radius 3 is 2.77 bits per heavy atom. The summed E-state index contributed by atoms with van der Waals surface area (Å²) >= 11 is 4.95. The van der Waals surface area contributed by atoms with E-state index in [-0.39, 0.29) is 11.9 Å². The monoisotopic (exact) mass is 383 g/mol. The van der Waals surface area contributed by atoms with E-state index in [1.165, 1.54) is 17.4 Å². The summed E-state index contributed by atoms with van der Waals surface area (Å²) in [4.78, 5) is 14.4. The molecule has 1 aliphatic heterocycles. The highest BCUT2D eigenvalue weighted by molar-refractivity contribution is 9.11. The molecular formula is C16H15BrFNO2S. The van der Waals surface area contributed by atoms with Gasteiger partial charge in [0.25, 0.3) is 0 Å². The molecule has 3 nitrogen and oxygen atoms in total. The molecule has 2 aromatic rings. The largest absolute Gasteiger partial charge is 0.480 e. The fraction of sp³-hybridized carbons (Fsp3) is 0.312. The van der Waals surface area contributed by atoms with Crippen LogP contribution in [0.25, 0.3) is 0 Å². The van der Waals surface area contributed by atoms with Crippen LogP contribution in [0.15, 0.2) is 40.2 Å². The Bertz CT molecular complexity index is 690. The molecule has 22 heavy (non-hydrogen) atoms. The molecule has 1 aromatic carbocycles. The molecule has 6 heteroatoms. The second-order valence-corrected chi connectivity index (χ2v) is 7.79. The van der Waals surface area contributed by atoms with Crippen molar-refractivity contribution in [1.29, 1.82) is 0 Å². The summed E-state index contributed by atoms with van der Waals surface area (Å²) in [5.41, 5.74) is 0.532. The highest BCUT2D eigenvalue weighted by atomic mass is 79.9. The number of likely N-dealkylation sites (tertiary alicyclic amines) is 1. The Balaban J connectivity index is 2.07. The number of rotatable bonds is 4. The Morgan fingerprint density at radius 2 is 2.14 bits per heavy atom. The van der Waals surface area contributed by atoms with Crippen molar-refractivity contribution < 1.29 is 14.3 Å². The molecule has 1 aromatic heterocycles. The Kier molecular flexibility index (Phi) is 4.61. The minimum atomic E-state index is -0.838. The van der Waals surface area contributed by atoms with Gasteiger partial charge in [-0.2, -0.15) is 0 Å². The molecule has 3 rings (SSSR count). The minimum absolute atomic E-state index is 0.298. The Morgan fingerprint density at radius 1 is 1.36 bits per heavy atom. The van der Waals surface area contributed by atoms with Crippen LogP contribution in [0.2, 0.25) is 0 Å². The van der Waals surface area contributed by atoms with Gasteiger partial charge < -0.3 is 5.11 Å². The third-order valence-electron chi connectivity index (χ3n) is 3.97. The minimum Gasteiger partial charge on any atom is -0.480 e. The third-order valence-corrected chi connectivity index (χ3v) is 5.65. The van der Waals surface area contributed by atoms with Crippen molar-refractivity contribution in [3.63, 3.8) is 0 Å². The molecule has 0 amide bonds. The van der Waals surface area contributed by atoms with E-state index in [0.717, 1.165) is 15.1 Å². The zero-order valence-electron chi connectivity index (χ0n) is 11.7. The number of thiophene rings is 1. The molecule has 116 valence electrons. The highest BCUT2D eigenvalue weighted by Gasteiger charge is 2.38. The van der Waals surface area contributed by atoms with Crippen molar-refractivity contribution in [2.75, 3.05) is 6.54 Å². The van der Waals surface area contributed by atoms with Crippen LogP contribution in [0.5, 0.6) is 0 Å². The lowest BCUT2D eigenvalue weighted by molar-refractivity contribution is -0.142. The standard InChI is InChI=1S/C16H15BrFNO2S/c17-14-8-7-13(22-14)15(10-4-1-2-5-11(10)18)19-9-3-6-12(19)16(20)21/h1-2,4-5,7-8,12,15H,3,6,9H2,(H,20,21). The molecule has 2 atom stereocenters. The second-order valence-electron chi connectivity index (χ2n) is 5.30. The van der Waals surface area contributed by atoms with E-state index in [0.29, 0.717) is 18.5 Å². The van der Waals surface area contributed by atoms with Gasteiger partial charge in [0.15, 0.2) is 0 Å². The van der Waals surface area contributed by atoms with E-state index in [9.17, 15) is 14.3 Å². The maximum absolute atomic E-state index is 14.3. The molecule has 2 unspecified atom stereocenters. The lowest BCUT2D eigenvalue weighted by Gasteiger charge is -2.31. The first kappa shape index (κ1) is 15.6. The first-order chi connectivity index (χ1) is 10.6. The van der Waals surface area contributed by atoms with Gasteiger partial charge in [-0.15, -0.1) is 11.3 Å². The van der Waals surface area contributed by atoms with Crippen LogP contribution in [0.3, 0.4) is 0 Å². The van der Waals surface area contributed by atoms with Gasteiger partial charge in [0.05, 0.1) is 9.83 Å². The molecule has 0 saturated carbocycles. The van der Waals surface area contributed by atoms with E-state index in [1.807, 2.05) is 17.0 Å². The average Bonchev–Trinajstić information content (AvgIpc) is 3.11. The molecule has 2 heterocycles. The average molecular weight is 384 g/mol. The van der Waals surface area contributed by atoms with Crippen molar-refractivity contribution in [3.8, 4) is 0 Å². The first-order valence-electron chi connectivity index (χ1n) is 7.06. The van der Waals surface area contributed by atoms with Crippen LogP contribution in [-0.4, -0.2) is 28.6 Å². The molecule has 0 spiro atoms. The zero-order valence-corrected chi connectivity index (χ0v) is 14.1. The fourth-order valence-electron chi connectivity index (χ4n) is 3.03. The molecule has 1 fully saturated rings. The van der Waals surface area contributed by atoms with Gasteiger partial charge in [0.1, 0.15) is 11.9 Å². The summed E-state index contributed by atoms with van der Waals surface area (Å²) in [5.74, 6) is -1.14. The van der Waals surface area contributed by atoms with E-state index < -0.39 is 12.0 Å². The number of aliphatic carboxylic acids is 1. The first-order valence-corrected chi connectivity index (χ1v) is 8.67. The lowest BCUT2D eigenvalue weighted by atomic mass is 10.0. The number of carbonyl (C=O) groups is 1. The van der Waals surface area contributed by atoms with Gasteiger partial charge in [-0.1, -0.05) is 18.2 Å². The van der Waals surface area contributed by atoms with Crippen LogP contribution in [0.1, 0.15) is 29.3 Å². The van der Waals surface area contributed by atoms with Crippen LogP contribution < -0.4 is 0 Å². The van der Waals surface area contributed by atoms with Gasteiger partial charge in [0, 0.05) is 17.0 Å².